The summed E-state index contributed by atoms with van der Waals surface area (Å²) in [7, 11) is 0. The molecular weight excluding hydrogens is 178 g/mol. The zero-order valence-corrected chi connectivity index (χ0v) is 7.45. The molecule has 0 atom stereocenters. The minimum atomic E-state index is -0.0587. The molecule has 3 heteroatoms. The summed E-state index contributed by atoms with van der Waals surface area (Å²) < 4.78 is 5.49. The maximum absolute atomic E-state index is 8.92. The first-order valence-electron chi connectivity index (χ1n) is 4.48. The Bertz CT molecular complexity index is 591. The van der Waals surface area contributed by atoms with E-state index in [2.05, 4.69) is 4.98 Å². The Morgan fingerprint density at radius 1 is 1.21 bits per heavy atom. The lowest BCUT2D eigenvalue weighted by Gasteiger charge is -1.88. The van der Waals surface area contributed by atoms with Crippen molar-refractivity contribution in [1.82, 2.24) is 4.98 Å². The Hall–Kier alpha value is -1.74. The Morgan fingerprint density at radius 2 is 2.07 bits per heavy atom. The van der Waals surface area contributed by atoms with E-state index in [0.717, 1.165) is 22.0 Å². The highest BCUT2D eigenvalue weighted by Crippen LogP contribution is 2.27. The number of aromatic amines is 1. The Balaban J connectivity index is 2.45. The second-order valence-corrected chi connectivity index (χ2v) is 3.28. The van der Waals surface area contributed by atoms with Crippen molar-refractivity contribution in [2.75, 3.05) is 0 Å². The highest BCUT2D eigenvalue weighted by molar-refractivity contribution is 6.03. The summed E-state index contributed by atoms with van der Waals surface area (Å²) in [4.78, 5) is 3.23. The zero-order chi connectivity index (χ0) is 9.54. The summed E-state index contributed by atoms with van der Waals surface area (Å²) in [5, 5.41) is 9.98. The number of fused-ring (bicyclic) bond motifs is 3. The zero-order valence-electron chi connectivity index (χ0n) is 7.45. The monoisotopic (exact) mass is 187 g/mol. The summed E-state index contributed by atoms with van der Waals surface area (Å²) in [5.41, 5.74) is 2.82. The fraction of sp³-hybridized carbons (Fsp3) is 0.0909. The van der Waals surface area contributed by atoms with E-state index < -0.39 is 0 Å². The number of aromatic nitrogens is 1. The largest absolute Gasteiger partial charge is 0.456 e. The molecule has 0 saturated heterocycles. The van der Waals surface area contributed by atoms with Crippen molar-refractivity contribution >= 4 is 22.0 Å². The van der Waals surface area contributed by atoms with Gasteiger partial charge in [-0.1, -0.05) is 12.1 Å². The van der Waals surface area contributed by atoms with Gasteiger partial charge in [0, 0.05) is 17.0 Å². The van der Waals surface area contributed by atoms with E-state index in [-0.39, 0.29) is 6.61 Å². The fourth-order valence-electron chi connectivity index (χ4n) is 1.75. The molecular formula is C11H9NO2. The van der Waals surface area contributed by atoms with E-state index in [4.69, 9.17) is 9.52 Å². The molecule has 2 aromatic heterocycles. The first kappa shape index (κ1) is 7.64. The minimum absolute atomic E-state index is 0.0587. The SMILES string of the molecule is OCc1cc2[nH]c3ccccc3c2o1. The molecule has 0 amide bonds. The number of aliphatic hydroxyl groups is 1. The lowest BCUT2D eigenvalue weighted by Crippen LogP contribution is -1.74. The molecule has 0 aliphatic rings. The number of para-hydroxylation sites is 1. The van der Waals surface area contributed by atoms with Gasteiger partial charge in [-0.2, -0.15) is 0 Å². The summed E-state index contributed by atoms with van der Waals surface area (Å²) >= 11 is 0. The molecule has 3 aromatic rings. The van der Waals surface area contributed by atoms with Gasteiger partial charge in [0.05, 0.1) is 5.52 Å². The van der Waals surface area contributed by atoms with Gasteiger partial charge < -0.3 is 14.5 Å². The predicted octanol–water partition coefficient (Wildman–Crippen LogP) is 2.41. The normalized spacial score (nSPS) is 11.5. The number of aliphatic hydroxyl groups excluding tert-OH is 1. The van der Waals surface area contributed by atoms with E-state index >= 15 is 0 Å². The van der Waals surface area contributed by atoms with Crippen molar-refractivity contribution < 1.29 is 9.52 Å². The third-order valence-electron chi connectivity index (χ3n) is 2.38. The van der Waals surface area contributed by atoms with Gasteiger partial charge in [-0.25, -0.2) is 0 Å². The van der Waals surface area contributed by atoms with E-state index in [9.17, 15) is 0 Å². The Labute approximate surface area is 80.0 Å². The van der Waals surface area contributed by atoms with E-state index in [1.54, 1.807) is 0 Å². The van der Waals surface area contributed by atoms with Gasteiger partial charge in [0.2, 0.25) is 0 Å². The highest BCUT2D eigenvalue weighted by atomic mass is 16.4. The lowest BCUT2D eigenvalue weighted by atomic mass is 10.2. The standard InChI is InChI=1S/C11H9NO2/c13-6-7-5-10-11(14-7)8-3-1-2-4-9(8)12-10/h1-5,12-13H,6H2. The molecule has 0 fully saturated rings. The van der Waals surface area contributed by atoms with Gasteiger partial charge in [0.1, 0.15) is 12.4 Å². The number of benzene rings is 1. The molecule has 0 spiro atoms. The van der Waals surface area contributed by atoms with Gasteiger partial charge >= 0.3 is 0 Å². The molecule has 3 nitrogen and oxygen atoms in total. The topological polar surface area (TPSA) is 49.2 Å². The van der Waals surface area contributed by atoms with Crippen molar-refractivity contribution in [2.45, 2.75) is 6.61 Å². The van der Waals surface area contributed by atoms with E-state index in [1.165, 1.54) is 0 Å². The molecule has 0 saturated carbocycles. The third-order valence-corrected chi connectivity index (χ3v) is 2.38. The van der Waals surface area contributed by atoms with Gasteiger partial charge in [-0.3, -0.25) is 0 Å². The fourth-order valence-corrected chi connectivity index (χ4v) is 1.75. The van der Waals surface area contributed by atoms with Crippen LogP contribution in [-0.2, 0) is 6.61 Å². The van der Waals surface area contributed by atoms with Gasteiger partial charge in [-0.05, 0) is 12.1 Å². The second-order valence-electron chi connectivity index (χ2n) is 3.28. The first-order valence-corrected chi connectivity index (χ1v) is 4.48. The quantitative estimate of drug-likeness (QED) is 0.614. The third kappa shape index (κ3) is 0.900. The van der Waals surface area contributed by atoms with Crippen LogP contribution < -0.4 is 0 Å². The van der Waals surface area contributed by atoms with Gasteiger partial charge in [0.15, 0.2) is 5.58 Å². The molecule has 70 valence electrons. The van der Waals surface area contributed by atoms with Crippen LogP contribution in [0.25, 0.3) is 22.0 Å². The molecule has 1 aromatic carbocycles. The van der Waals surface area contributed by atoms with Crippen LogP contribution in [0.3, 0.4) is 0 Å². The molecule has 3 rings (SSSR count). The van der Waals surface area contributed by atoms with Crippen LogP contribution in [0.1, 0.15) is 5.76 Å². The Kier molecular flexibility index (Phi) is 1.43. The maximum atomic E-state index is 8.92. The van der Waals surface area contributed by atoms with E-state index in [0.29, 0.717) is 5.76 Å². The number of hydrogen-bond donors (Lipinski definition) is 2. The van der Waals surface area contributed by atoms with Crippen LogP contribution in [0.5, 0.6) is 0 Å². The van der Waals surface area contributed by atoms with Crippen LogP contribution >= 0.6 is 0 Å². The van der Waals surface area contributed by atoms with E-state index in [1.807, 2.05) is 30.3 Å². The summed E-state index contributed by atoms with van der Waals surface area (Å²) in [6.07, 6.45) is 0. The molecule has 14 heavy (non-hydrogen) atoms. The van der Waals surface area contributed by atoms with Crippen molar-refractivity contribution in [1.29, 1.82) is 0 Å². The van der Waals surface area contributed by atoms with Crippen molar-refractivity contribution in [3.8, 4) is 0 Å². The maximum Gasteiger partial charge on any atom is 0.159 e. The summed E-state index contributed by atoms with van der Waals surface area (Å²) in [6.45, 7) is -0.0587. The molecule has 2 heterocycles. The molecule has 0 bridgehead atoms. The molecule has 0 aliphatic heterocycles. The first-order chi connectivity index (χ1) is 6.88. The number of hydrogen-bond acceptors (Lipinski definition) is 2. The molecule has 0 aliphatic carbocycles. The Morgan fingerprint density at radius 3 is 2.93 bits per heavy atom. The van der Waals surface area contributed by atoms with Gasteiger partial charge in [-0.15, -0.1) is 0 Å². The summed E-state index contributed by atoms with van der Waals surface area (Å²) in [5.74, 6) is 0.594. The van der Waals surface area contributed by atoms with Crippen molar-refractivity contribution in [3.05, 3.63) is 36.1 Å². The molecule has 0 radical (unpaired) electrons. The average Bonchev–Trinajstić information content (AvgIpc) is 2.73. The van der Waals surface area contributed by atoms with Crippen LogP contribution in [-0.4, -0.2) is 10.1 Å². The molecule has 2 N–H and O–H groups in total. The van der Waals surface area contributed by atoms with Crippen LogP contribution in [0, 0.1) is 0 Å². The smallest absolute Gasteiger partial charge is 0.159 e. The predicted molar refractivity (Wildman–Crippen MR) is 54.0 cm³/mol. The lowest BCUT2D eigenvalue weighted by molar-refractivity contribution is 0.251. The van der Waals surface area contributed by atoms with Crippen molar-refractivity contribution in [3.63, 3.8) is 0 Å². The highest BCUT2D eigenvalue weighted by Gasteiger charge is 2.08. The minimum Gasteiger partial charge on any atom is -0.456 e. The van der Waals surface area contributed by atoms with Crippen molar-refractivity contribution in [2.24, 2.45) is 0 Å². The number of rotatable bonds is 1. The number of H-pyrrole nitrogens is 1. The summed E-state index contributed by atoms with van der Waals surface area (Å²) in [6, 6.07) is 9.78. The van der Waals surface area contributed by atoms with Crippen LogP contribution in [0.4, 0.5) is 0 Å². The molecule has 0 unspecified atom stereocenters. The van der Waals surface area contributed by atoms with Crippen LogP contribution in [0.2, 0.25) is 0 Å². The number of nitrogens with one attached hydrogen (secondary N) is 1. The van der Waals surface area contributed by atoms with Gasteiger partial charge in [0.25, 0.3) is 0 Å². The average molecular weight is 187 g/mol. The number of furan rings is 1. The second kappa shape index (κ2) is 2.62. The van der Waals surface area contributed by atoms with Crippen LogP contribution in [0.15, 0.2) is 34.7 Å².